The summed E-state index contributed by atoms with van der Waals surface area (Å²) in [5.41, 5.74) is 1.61. The zero-order valence-electron chi connectivity index (χ0n) is 10.7. The van der Waals surface area contributed by atoms with Crippen molar-refractivity contribution in [3.05, 3.63) is 43.8 Å². The molecule has 1 atom stereocenters. The van der Waals surface area contributed by atoms with E-state index in [-0.39, 0.29) is 0 Å². The number of hydrogen-bond acceptors (Lipinski definition) is 3. The maximum absolute atomic E-state index is 3.64. The van der Waals surface area contributed by atoms with Crippen LogP contribution < -0.4 is 5.32 Å². The molecule has 0 radical (unpaired) electrons. The Labute approximate surface area is 117 Å². The van der Waals surface area contributed by atoms with Gasteiger partial charge in [-0.1, -0.05) is 13.0 Å². The van der Waals surface area contributed by atoms with E-state index >= 15 is 0 Å². The Morgan fingerprint density at radius 1 is 1.39 bits per heavy atom. The van der Waals surface area contributed by atoms with Gasteiger partial charge in [-0.25, -0.2) is 0 Å². The molecule has 2 aromatic heterocycles. The minimum absolute atomic E-state index is 0.504. The van der Waals surface area contributed by atoms with Crippen molar-refractivity contribution < 1.29 is 0 Å². The molecule has 0 bridgehead atoms. The molecule has 1 aliphatic rings. The van der Waals surface area contributed by atoms with Gasteiger partial charge < -0.3 is 5.32 Å². The van der Waals surface area contributed by atoms with Gasteiger partial charge in [0.1, 0.15) is 0 Å². The van der Waals surface area contributed by atoms with E-state index in [0.29, 0.717) is 6.04 Å². The van der Waals surface area contributed by atoms with Gasteiger partial charge in [0.05, 0.1) is 0 Å². The van der Waals surface area contributed by atoms with Crippen LogP contribution in [0.3, 0.4) is 0 Å². The normalized spacial score (nSPS) is 15.8. The molecule has 0 aliphatic heterocycles. The molecule has 96 valence electrons. The highest BCUT2D eigenvalue weighted by molar-refractivity contribution is 7.12. The molecule has 18 heavy (non-hydrogen) atoms. The Kier molecular flexibility index (Phi) is 3.83. The molecule has 0 saturated carbocycles. The summed E-state index contributed by atoms with van der Waals surface area (Å²) in [6.07, 6.45) is 5.09. The highest BCUT2D eigenvalue weighted by Gasteiger charge is 2.20. The molecule has 0 fully saturated rings. The lowest BCUT2D eigenvalue weighted by molar-refractivity contribution is 0.561. The first kappa shape index (κ1) is 12.4. The zero-order chi connectivity index (χ0) is 12.4. The van der Waals surface area contributed by atoms with Crippen LogP contribution in [0, 0.1) is 0 Å². The van der Waals surface area contributed by atoms with Crippen LogP contribution in [0.4, 0.5) is 0 Å². The molecular weight excluding hydrogens is 258 g/mol. The van der Waals surface area contributed by atoms with Crippen LogP contribution in [-0.2, 0) is 19.3 Å². The van der Waals surface area contributed by atoms with Crippen molar-refractivity contribution in [3.8, 4) is 0 Å². The molecule has 0 spiro atoms. The van der Waals surface area contributed by atoms with Crippen molar-refractivity contribution >= 4 is 22.7 Å². The monoisotopic (exact) mass is 277 g/mol. The van der Waals surface area contributed by atoms with Crippen molar-refractivity contribution in [2.75, 3.05) is 6.54 Å². The Balaban J connectivity index is 1.79. The number of rotatable bonds is 5. The highest BCUT2D eigenvalue weighted by atomic mass is 32.1. The molecule has 1 nitrogen and oxygen atoms in total. The smallest absolute Gasteiger partial charge is 0.0463 e. The molecule has 3 rings (SSSR count). The second-order valence-electron chi connectivity index (χ2n) is 4.84. The van der Waals surface area contributed by atoms with E-state index in [0.717, 1.165) is 13.0 Å². The molecule has 0 aromatic carbocycles. The van der Waals surface area contributed by atoms with E-state index in [9.17, 15) is 0 Å². The van der Waals surface area contributed by atoms with Gasteiger partial charge in [-0.15, -0.1) is 22.7 Å². The van der Waals surface area contributed by atoms with Crippen LogP contribution in [0.5, 0.6) is 0 Å². The fourth-order valence-electron chi connectivity index (χ4n) is 2.67. The first-order chi connectivity index (χ1) is 8.86. The Morgan fingerprint density at radius 3 is 3.06 bits per heavy atom. The fourth-order valence-corrected chi connectivity index (χ4v) is 4.76. The summed E-state index contributed by atoms with van der Waals surface area (Å²) in [5.74, 6) is 0. The Hall–Kier alpha value is -0.640. The summed E-state index contributed by atoms with van der Waals surface area (Å²) < 4.78 is 0. The van der Waals surface area contributed by atoms with Crippen molar-refractivity contribution in [1.29, 1.82) is 0 Å². The van der Waals surface area contributed by atoms with Gasteiger partial charge in [-0.3, -0.25) is 0 Å². The van der Waals surface area contributed by atoms with Crippen molar-refractivity contribution in [2.45, 2.75) is 38.6 Å². The molecule has 2 aromatic rings. The van der Waals surface area contributed by atoms with Gasteiger partial charge in [0.2, 0.25) is 0 Å². The van der Waals surface area contributed by atoms with E-state index in [1.165, 1.54) is 29.0 Å². The van der Waals surface area contributed by atoms with Crippen LogP contribution in [0.1, 0.15) is 39.6 Å². The van der Waals surface area contributed by atoms with E-state index in [4.69, 9.17) is 0 Å². The van der Waals surface area contributed by atoms with E-state index < -0.39 is 0 Å². The number of nitrogens with one attached hydrogen (secondary N) is 1. The zero-order valence-corrected chi connectivity index (χ0v) is 12.4. The van der Waals surface area contributed by atoms with Crippen LogP contribution >= 0.6 is 22.7 Å². The lowest BCUT2D eigenvalue weighted by atomic mass is 10.1. The number of aryl methyl sites for hydroxylation is 2. The predicted octanol–water partition coefficient (Wildman–Crippen LogP) is 4.19. The highest BCUT2D eigenvalue weighted by Crippen LogP contribution is 2.35. The molecule has 2 heterocycles. The average Bonchev–Trinajstić information content (AvgIpc) is 3.04. The van der Waals surface area contributed by atoms with E-state index in [2.05, 4.69) is 35.8 Å². The van der Waals surface area contributed by atoms with Gasteiger partial charge in [0, 0.05) is 27.1 Å². The third kappa shape index (κ3) is 2.53. The van der Waals surface area contributed by atoms with Gasteiger partial charge in [0.25, 0.3) is 0 Å². The van der Waals surface area contributed by atoms with Crippen molar-refractivity contribution in [3.63, 3.8) is 0 Å². The van der Waals surface area contributed by atoms with Gasteiger partial charge in [0.15, 0.2) is 0 Å². The van der Waals surface area contributed by atoms with Crippen LogP contribution in [-0.4, -0.2) is 6.54 Å². The predicted molar refractivity (Wildman–Crippen MR) is 80.8 cm³/mol. The Bertz CT molecular complexity index is 477. The lowest BCUT2D eigenvalue weighted by Crippen LogP contribution is -2.21. The molecule has 1 unspecified atom stereocenters. The third-order valence-electron chi connectivity index (χ3n) is 3.55. The first-order valence-electron chi connectivity index (χ1n) is 6.74. The topological polar surface area (TPSA) is 12.0 Å². The van der Waals surface area contributed by atoms with E-state index in [1.54, 1.807) is 10.4 Å². The second-order valence-corrected chi connectivity index (χ2v) is 7.05. The SMILES string of the molecule is CCNC(Cc1cccs1)c1cc2c(s1)CCC2. The minimum atomic E-state index is 0.504. The van der Waals surface area contributed by atoms with E-state index in [1.807, 2.05) is 22.7 Å². The maximum atomic E-state index is 3.64. The number of thiophene rings is 2. The largest absolute Gasteiger partial charge is 0.309 e. The summed E-state index contributed by atoms with van der Waals surface area (Å²) in [5, 5.41) is 5.82. The summed E-state index contributed by atoms with van der Waals surface area (Å²) in [4.78, 5) is 4.66. The van der Waals surface area contributed by atoms with Crippen LogP contribution in [0.15, 0.2) is 23.6 Å². The summed E-state index contributed by atoms with van der Waals surface area (Å²) in [6, 6.07) is 7.35. The quantitative estimate of drug-likeness (QED) is 0.864. The fraction of sp³-hybridized carbons (Fsp3) is 0.467. The third-order valence-corrected chi connectivity index (χ3v) is 5.79. The molecule has 0 amide bonds. The average molecular weight is 277 g/mol. The standard InChI is InChI=1S/C15H19NS2/c1-2-16-13(10-12-6-4-8-17-12)15-9-11-5-3-7-14(11)18-15/h4,6,8-9,13,16H,2-3,5,7,10H2,1H3. The molecule has 1 N–H and O–H groups in total. The second kappa shape index (κ2) is 5.55. The lowest BCUT2D eigenvalue weighted by Gasteiger charge is -2.15. The minimum Gasteiger partial charge on any atom is -0.309 e. The first-order valence-corrected chi connectivity index (χ1v) is 8.43. The van der Waals surface area contributed by atoms with Gasteiger partial charge in [-0.2, -0.15) is 0 Å². The maximum Gasteiger partial charge on any atom is 0.0463 e. The Morgan fingerprint density at radius 2 is 2.33 bits per heavy atom. The molecule has 1 aliphatic carbocycles. The summed E-state index contributed by atoms with van der Waals surface area (Å²) in [7, 11) is 0. The van der Waals surface area contributed by atoms with Crippen molar-refractivity contribution in [2.24, 2.45) is 0 Å². The van der Waals surface area contributed by atoms with Crippen molar-refractivity contribution in [1.82, 2.24) is 5.32 Å². The summed E-state index contributed by atoms with van der Waals surface area (Å²) in [6.45, 7) is 3.24. The number of likely N-dealkylation sites (N-methyl/N-ethyl adjacent to an activating group) is 1. The van der Waals surface area contributed by atoms with Gasteiger partial charge in [-0.05, 0) is 48.9 Å². The van der Waals surface area contributed by atoms with Crippen LogP contribution in [0.2, 0.25) is 0 Å². The molecule has 3 heteroatoms. The van der Waals surface area contributed by atoms with Gasteiger partial charge >= 0.3 is 0 Å². The molecular formula is C15H19NS2. The van der Waals surface area contributed by atoms with Crippen LogP contribution in [0.25, 0.3) is 0 Å². The number of fused-ring (bicyclic) bond motifs is 1. The number of hydrogen-bond donors (Lipinski definition) is 1. The summed E-state index contributed by atoms with van der Waals surface area (Å²) >= 11 is 3.90. The molecule has 0 saturated heterocycles.